The van der Waals surface area contributed by atoms with Crippen molar-refractivity contribution >= 4 is 33.3 Å². The van der Waals surface area contributed by atoms with Crippen molar-refractivity contribution < 1.29 is 14.0 Å². The van der Waals surface area contributed by atoms with Crippen LogP contribution < -0.4 is 10.9 Å². The van der Waals surface area contributed by atoms with Crippen LogP contribution in [-0.2, 0) is 16.1 Å². The summed E-state index contributed by atoms with van der Waals surface area (Å²) in [5.74, 6) is -0.252. The van der Waals surface area contributed by atoms with Gasteiger partial charge in [0.15, 0.2) is 0 Å². The third kappa shape index (κ3) is 3.21. The molecular weight excluding hydrogens is 320 g/mol. The smallest absolute Gasteiger partial charge is 0.338 e. The Balaban J connectivity index is 2.10. The third-order valence-corrected chi connectivity index (χ3v) is 4.29. The van der Waals surface area contributed by atoms with Gasteiger partial charge in [0.25, 0.3) is 5.91 Å². The average Bonchev–Trinajstić information content (AvgIpc) is 2.64. The van der Waals surface area contributed by atoms with Crippen LogP contribution in [0.2, 0.25) is 0 Å². The number of hydrogen-bond donors (Lipinski definition) is 1. The van der Waals surface area contributed by atoms with Gasteiger partial charge in [-0.1, -0.05) is 31.2 Å². The van der Waals surface area contributed by atoms with Crippen LogP contribution in [0.3, 0.4) is 0 Å². The monoisotopic (exact) mass is 340 g/mol. The van der Waals surface area contributed by atoms with E-state index in [9.17, 15) is 9.59 Å². The predicted molar refractivity (Wildman–Crippen MR) is 97.6 cm³/mol. The van der Waals surface area contributed by atoms with E-state index in [1.807, 2.05) is 24.3 Å². The minimum absolute atomic E-state index is 0.00985. The number of fused-ring (bicyclic) bond motifs is 3. The number of hydrogen-bond acceptors (Lipinski definition) is 5. The second kappa shape index (κ2) is 6.94. The zero-order valence-corrected chi connectivity index (χ0v) is 14.5. The average molecular weight is 340 g/mol. The summed E-state index contributed by atoms with van der Waals surface area (Å²) in [6, 6.07) is 11.2. The van der Waals surface area contributed by atoms with Gasteiger partial charge in [-0.2, -0.15) is 0 Å². The molecule has 25 heavy (non-hydrogen) atoms. The van der Waals surface area contributed by atoms with Crippen LogP contribution >= 0.6 is 0 Å². The van der Waals surface area contributed by atoms with E-state index in [1.54, 1.807) is 0 Å². The van der Waals surface area contributed by atoms with Crippen molar-refractivity contribution in [1.29, 1.82) is 0 Å². The summed E-state index contributed by atoms with van der Waals surface area (Å²) in [4.78, 5) is 28.8. The van der Waals surface area contributed by atoms with Crippen molar-refractivity contribution in [2.75, 3.05) is 26.0 Å². The van der Waals surface area contributed by atoms with E-state index in [4.69, 9.17) is 9.25 Å². The molecule has 0 aliphatic rings. The zero-order valence-electron chi connectivity index (χ0n) is 14.5. The fourth-order valence-electron chi connectivity index (χ4n) is 2.88. The number of amides is 1. The van der Waals surface area contributed by atoms with Crippen molar-refractivity contribution in [3.05, 3.63) is 52.4 Å². The number of hydroxylamine groups is 2. The molecule has 1 N–H and O–H groups in total. The van der Waals surface area contributed by atoms with Crippen LogP contribution in [0.4, 0.5) is 5.69 Å². The van der Waals surface area contributed by atoms with Crippen molar-refractivity contribution in [1.82, 2.24) is 5.06 Å². The molecule has 0 aliphatic heterocycles. The number of rotatable bonds is 5. The summed E-state index contributed by atoms with van der Waals surface area (Å²) in [6.45, 7) is 2.10. The molecule has 1 aromatic heterocycles. The summed E-state index contributed by atoms with van der Waals surface area (Å²) in [5.41, 5.74) is 1.82. The third-order valence-electron chi connectivity index (χ3n) is 4.29. The molecule has 3 aromatic rings. The van der Waals surface area contributed by atoms with Gasteiger partial charge in [-0.15, -0.1) is 0 Å². The molecule has 6 heteroatoms. The standard InChI is InChI=1S/C19H20N2O4/c1-4-12-6-5-7-14-13(12)8-9-15-16(10-18(23)25-19(14)15)20-11-17(22)21(2)24-3/h5-10,20H,4,11H2,1-3H3. The quantitative estimate of drug-likeness (QED) is 0.439. The summed E-state index contributed by atoms with van der Waals surface area (Å²) in [7, 11) is 2.95. The Hall–Kier alpha value is -2.86. The Bertz CT molecular complexity index is 994. The molecule has 0 fully saturated rings. The molecule has 0 unspecified atom stereocenters. The number of aryl methyl sites for hydroxylation is 1. The van der Waals surface area contributed by atoms with E-state index in [1.165, 1.54) is 25.8 Å². The first-order valence-corrected chi connectivity index (χ1v) is 8.08. The lowest BCUT2D eigenvalue weighted by Crippen LogP contribution is -2.31. The maximum absolute atomic E-state index is 12.0. The van der Waals surface area contributed by atoms with Gasteiger partial charge in [0.05, 0.1) is 19.3 Å². The first-order valence-electron chi connectivity index (χ1n) is 8.08. The molecule has 0 saturated heterocycles. The number of benzene rings is 2. The Kier molecular flexibility index (Phi) is 4.72. The summed E-state index contributed by atoms with van der Waals surface area (Å²) >= 11 is 0. The molecule has 1 heterocycles. The van der Waals surface area contributed by atoms with E-state index >= 15 is 0 Å². The second-order valence-electron chi connectivity index (χ2n) is 5.71. The van der Waals surface area contributed by atoms with Gasteiger partial charge < -0.3 is 9.73 Å². The Morgan fingerprint density at radius 2 is 1.96 bits per heavy atom. The molecule has 0 radical (unpaired) electrons. The molecule has 3 rings (SSSR count). The van der Waals surface area contributed by atoms with E-state index in [0.29, 0.717) is 11.3 Å². The van der Waals surface area contributed by atoms with Crippen molar-refractivity contribution in [2.45, 2.75) is 13.3 Å². The van der Waals surface area contributed by atoms with Crippen LogP contribution in [0.15, 0.2) is 45.6 Å². The Labute approximate surface area is 144 Å². The molecule has 0 atom stereocenters. The summed E-state index contributed by atoms with van der Waals surface area (Å²) in [6.07, 6.45) is 0.892. The first kappa shape index (κ1) is 17.0. The normalized spacial score (nSPS) is 11.0. The van der Waals surface area contributed by atoms with Crippen molar-refractivity contribution in [2.24, 2.45) is 0 Å². The number of carbonyl (C=O) groups is 1. The lowest BCUT2D eigenvalue weighted by atomic mass is 10.00. The maximum Gasteiger partial charge on any atom is 0.338 e. The van der Waals surface area contributed by atoms with Crippen molar-refractivity contribution in [3.8, 4) is 0 Å². The van der Waals surface area contributed by atoms with Crippen LogP contribution in [0.1, 0.15) is 12.5 Å². The topological polar surface area (TPSA) is 71.8 Å². The molecule has 6 nitrogen and oxygen atoms in total. The minimum Gasteiger partial charge on any atom is -0.422 e. The van der Waals surface area contributed by atoms with Gasteiger partial charge in [0.1, 0.15) is 5.58 Å². The lowest BCUT2D eigenvalue weighted by molar-refractivity contribution is -0.166. The Morgan fingerprint density at radius 1 is 1.20 bits per heavy atom. The number of carbonyl (C=O) groups excluding carboxylic acids is 1. The number of nitrogens with one attached hydrogen (secondary N) is 1. The second-order valence-corrected chi connectivity index (χ2v) is 5.71. The maximum atomic E-state index is 12.0. The fraction of sp³-hybridized carbons (Fsp3) is 0.263. The number of nitrogens with zero attached hydrogens (tertiary/aromatic N) is 1. The van der Waals surface area contributed by atoms with Gasteiger partial charge in [0.2, 0.25) is 0 Å². The number of likely N-dealkylation sites (N-methyl/N-ethyl adjacent to an activating group) is 1. The molecule has 0 spiro atoms. The number of anilines is 1. The molecule has 1 amide bonds. The highest BCUT2D eigenvalue weighted by Crippen LogP contribution is 2.30. The largest absolute Gasteiger partial charge is 0.422 e. The first-order chi connectivity index (χ1) is 12.0. The Morgan fingerprint density at radius 3 is 2.68 bits per heavy atom. The van der Waals surface area contributed by atoms with E-state index in [2.05, 4.69) is 18.3 Å². The lowest BCUT2D eigenvalue weighted by Gasteiger charge is -2.15. The van der Waals surface area contributed by atoms with E-state index in [0.717, 1.165) is 27.6 Å². The van der Waals surface area contributed by atoms with Crippen molar-refractivity contribution in [3.63, 3.8) is 0 Å². The van der Waals surface area contributed by atoms with Crippen LogP contribution in [0.5, 0.6) is 0 Å². The molecule has 130 valence electrons. The SMILES string of the molecule is CCc1cccc2c1ccc1c(NCC(=O)N(C)OC)cc(=O)oc12. The highest BCUT2D eigenvalue weighted by molar-refractivity contribution is 6.09. The molecule has 0 saturated carbocycles. The van der Waals surface area contributed by atoms with E-state index in [-0.39, 0.29) is 12.5 Å². The highest BCUT2D eigenvalue weighted by Gasteiger charge is 2.13. The van der Waals surface area contributed by atoms with Gasteiger partial charge in [-0.25, -0.2) is 9.86 Å². The predicted octanol–water partition coefficient (Wildman–Crippen LogP) is 2.94. The van der Waals surface area contributed by atoms with Gasteiger partial charge in [0, 0.05) is 23.9 Å². The molecular formula is C19H20N2O4. The van der Waals surface area contributed by atoms with Crippen LogP contribution in [0.25, 0.3) is 21.7 Å². The molecule has 0 bridgehead atoms. The van der Waals surface area contributed by atoms with E-state index < -0.39 is 5.63 Å². The van der Waals surface area contributed by atoms with Gasteiger partial charge >= 0.3 is 5.63 Å². The highest BCUT2D eigenvalue weighted by atomic mass is 16.7. The van der Waals surface area contributed by atoms with Gasteiger partial charge in [-0.3, -0.25) is 9.63 Å². The fourth-order valence-corrected chi connectivity index (χ4v) is 2.88. The molecule has 2 aromatic carbocycles. The van der Waals surface area contributed by atoms with Crippen LogP contribution in [-0.4, -0.2) is 31.7 Å². The minimum atomic E-state index is -0.461. The zero-order chi connectivity index (χ0) is 18.0. The summed E-state index contributed by atoms with van der Waals surface area (Å²) in [5, 5.41) is 6.84. The molecule has 0 aliphatic carbocycles. The summed E-state index contributed by atoms with van der Waals surface area (Å²) < 4.78 is 5.47. The van der Waals surface area contributed by atoms with Gasteiger partial charge in [-0.05, 0) is 23.4 Å². The van der Waals surface area contributed by atoms with Crippen LogP contribution in [0, 0.1) is 0 Å².